The zero-order chi connectivity index (χ0) is 10.8. The molecule has 0 saturated heterocycles. The molecule has 0 aromatic carbocycles. The lowest BCUT2D eigenvalue weighted by Crippen LogP contribution is -1.89. The van der Waals surface area contributed by atoms with Crippen molar-refractivity contribution in [2.45, 2.75) is 0 Å². The minimum atomic E-state index is -0.596. The number of halogens is 3. The molecule has 3 nitrogen and oxygen atoms in total. The number of nitrogens with zero attached hydrogens (tertiary/aromatic N) is 3. The van der Waals surface area contributed by atoms with Crippen molar-refractivity contribution < 1.29 is 8.28 Å². The van der Waals surface area contributed by atoms with Crippen molar-refractivity contribution >= 4 is 28.3 Å². The van der Waals surface area contributed by atoms with Crippen molar-refractivity contribution in [2.24, 2.45) is 0 Å². The standard InChI is InChI=1S/C8H4BrF2N3S/c9-5-4-14(15-11)13-8(5)6-2-1-3-7(10)12-6/h1-4H. The molecule has 0 N–H and O–H groups in total. The van der Waals surface area contributed by atoms with E-state index in [1.165, 1.54) is 18.3 Å². The van der Waals surface area contributed by atoms with Gasteiger partial charge in [0, 0.05) is 0 Å². The fourth-order valence-electron chi connectivity index (χ4n) is 1.08. The molecule has 0 amide bonds. The molecule has 0 aliphatic carbocycles. The first kappa shape index (κ1) is 10.6. The summed E-state index contributed by atoms with van der Waals surface area (Å²) in [4.78, 5) is 3.65. The lowest BCUT2D eigenvalue weighted by atomic mass is 10.3. The van der Waals surface area contributed by atoms with Crippen molar-refractivity contribution in [2.75, 3.05) is 0 Å². The monoisotopic (exact) mass is 291 g/mol. The Morgan fingerprint density at radius 1 is 1.40 bits per heavy atom. The van der Waals surface area contributed by atoms with E-state index in [2.05, 4.69) is 26.0 Å². The molecule has 0 atom stereocenters. The molecule has 2 heterocycles. The lowest BCUT2D eigenvalue weighted by Gasteiger charge is -1.95. The zero-order valence-corrected chi connectivity index (χ0v) is 9.60. The summed E-state index contributed by atoms with van der Waals surface area (Å²) in [5.74, 6) is -0.596. The molecule has 0 spiro atoms. The Balaban J connectivity index is 2.48. The quantitative estimate of drug-likeness (QED) is 0.796. The summed E-state index contributed by atoms with van der Waals surface area (Å²) in [6.07, 6.45) is 1.44. The van der Waals surface area contributed by atoms with E-state index in [9.17, 15) is 8.28 Å². The van der Waals surface area contributed by atoms with Gasteiger partial charge >= 0.3 is 0 Å². The smallest absolute Gasteiger partial charge is 0.213 e. The maximum atomic E-state index is 12.8. The van der Waals surface area contributed by atoms with E-state index in [1.54, 1.807) is 6.07 Å². The first-order valence-electron chi connectivity index (χ1n) is 3.88. The molecule has 0 radical (unpaired) electrons. The summed E-state index contributed by atoms with van der Waals surface area (Å²) in [7, 11) is 0. The fourth-order valence-corrected chi connectivity index (χ4v) is 1.95. The van der Waals surface area contributed by atoms with Crippen LogP contribution in [0.25, 0.3) is 11.4 Å². The second kappa shape index (κ2) is 4.28. The van der Waals surface area contributed by atoms with Crippen molar-refractivity contribution in [3.8, 4) is 11.4 Å². The van der Waals surface area contributed by atoms with Gasteiger partial charge in [0.15, 0.2) is 12.3 Å². The Morgan fingerprint density at radius 3 is 2.80 bits per heavy atom. The van der Waals surface area contributed by atoms with Crippen molar-refractivity contribution in [3.63, 3.8) is 0 Å². The molecule has 15 heavy (non-hydrogen) atoms. The Bertz CT molecular complexity index is 488. The van der Waals surface area contributed by atoms with Crippen LogP contribution in [0.4, 0.5) is 8.28 Å². The Labute approximate surface area is 97.1 Å². The summed E-state index contributed by atoms with van der Waals surface area (Å²) in [6, 6.07) is 4.35. The zero-order valence-electron chi connectivity index (χ0n) is 7.19. The number of pyridine rings is 1. The predicted molar refractivity (Wildman–Crippen MR) is 57.2 cm³/mol. The summed E-state index contributed by atoms with van der Waals surface area (Å²) >= 11 is 3.15. The third kappa shape index (κ3) is 2.18. The SMILES string of the molecule is FSn1cc(Br)c(-c2cccc(F)n2)n1. The third-order valence-corrected chi connectivity index (χ3v) is 2.59. The summed E-state index contributed by atoms with van der Waals surface area (Å²) < 4.78 is 26.6. The van der Waals surface area contributed by atoms with Crippen LogP contribution in [-0.2, 0) is 0 Å². The first-order chi connectivity index (χ1) is 7.20. The molecule has 0 aliphatic heterocycles. The number of hydrogen-bond donors (Lipinski definition) is 0. The molecule has 2 aromatic rings. The number of aromatic nitrogens is 3. The molecule has 0 fully saturated rings. The molecule has 2 aromatic heterocycles. The van der Waals surface area contributed by atoms with Gasteiger partial charge < -0.3 is 0 Å². The Kier molecular flexibility index (Phi) is 3.01. The van der Waals surface area contributed by atoms with Crippen LogP contribution in [-0.4, -0.2) is 14.2 Å². The van der Waals surface area contributed by atoms with Crippen LogP contribution in [0.3, 0.4) is 0 Å². The van der Waals surface area contributed by atoms with E-state index in [0.717, 1.165) is 4.09 Å². The molecule has 0 saturated carbocycles. The van der Waals surface area contributed by atoms with Gasteiger partial charge in [0.2, 0.25) is 5.95 Å². The minimum absolute atomic E-state index is 0.0433. The van der Waals surface area contributed by atoms with Gasteiger partial charge in [0.25, 0.3) is 0 Å². The fraction of sp³-hybridized carbons (Fsp3) is 0. The van der Waals surface area contributed by atoms with Crippen molar-refractivity contribution in [1.29, 1.82) is 0 Å². The summed E-state index contributed by atoms with van der Waals surface area (Å²) in [5.41, 5.74) is 0.759. The van der Waals surface area contributed by atoms with Gasteiger partial charge in [-0.05, 0) is 28.1 Å². The second-order valence-electron chi connectivity index (χ2n) is 2.64. The maximum absolute atomic E-state index is 12.8. The van der Waals surface area contributed by atoms with Crippen molar-refractivity contribution in [3.05, 3.63) is 34.8 Å². The maximum Gasteiger partial charge on any atom is 0.213 e. The molecule has 0 unspecified atom stereocenters. The predicted octanol–water partition coefficient (Wildman–Crippen LogP) is 3.23. The summed E-state index contributed by atoms with van der Waals surface area (Å²) in [5, 5.41) is 3.87. The highest BCUT2D eigenvalue weighted by Gasteiger charge is 2.11. The second-order valence-corrected chi connectivity index (χ2v) is 4.01. The normalized spacial score (nSPS) is 10.6. The van der Waals surface area contributed by atoms with Gasteiger partial charge in [0.05, 0.1) is 16.4 Å². The van der Waals surface area contributed by atoms with Crippen LogP contribution >= 0.6 is 28.3 Å². The first-order valence-corrected chi connectivity index (χ1v) is 5.34. The van der Waals surface area contributed by atoms with Crippen molar-refractivity contribution in [1.82, 2.24) is 14.2 Å². The van der Waals surface area contributed by atoms with E-state index < -0.39 is 5.95 Å². The van der Waals surface area contributed by atoms with Crippen LogP contribution < -0.4 is 0 Å². The van der Waals surface area contributed by atoms with E-state index in [1.807, 2.05) is 0 Å². The highest BCUT2D eigenvalue weighted by molar-refractivity contribution is 9.10. The molecular formula is C8H4BrF2N3S. The van der Waals surface area contributed by atoms with Crippen LogP contribution in [0.15, 0.2) is 28.9 Å². The lowest BCUT2D eigenvalue weighted by molar-refractivity contribution is 0.585. The Morgan fingerprint density at radius 2 is 2.20 bits per heavy atom. The van der Waals surface area contributed by atoms with Crippen LogP contribution in [0.1, 0.15) is 0 Å². The van der Waals surface area contributed by atoms with E-state index in [4.69, 9.17) is 0 Å². The topological polar surface area (TPSA) is 30.7 Å². The Hall–Kier alpha value is -0.950. The van der Waals surface area contributed by atoms with E-state index >= 15 is 0 Å². The van der Waals surface area contributed by atoms with E-state index in [-0.39, 0.29) is 12.3 Å². The molecule has 0 aliphatic rings. The number of rotatable bonds is 2. The van der Waals surface area contributed by atoms with Crippen LogP contribution in [0.5, 0.6) is 0 Å². The van der Waals surface area contributed by atoms with Crippen LogP contribution in [0.2, 0.25) is 0 Å². The third-order valence-electron chi connectivity index (χ3n) is 1.68. The summed E-state index contributed by atoms with van der Waals surface area (Å²) in [6.45, 7) is 0. The van der Waals surface area contributed by atoms with Gasteiger partial charge in [-0.1, -0.05) is 6.07 Å². The highest BCUT2D eigenvalue weighted by atomic mass is 79.9. The minimum Gasteiger partial charge on any atom is -0.218 e. The average Bonchev–Trinajstić information content (AvgIpc) is 2.60. The molecular weight excluding hydrogens is 288 g/mol. The van der Waals surface area contributed by atoms with Gasteiger partial charge in [-0.2, -0.15) is 13.6 Å². The molecule has 7 heteroatoms. The van der Waals surface area contributed by atoms with Crippen LogP contribution in [0, 0.1) is 5.95 Å². The largest absolute Gasteiger partial charge is 0.218 e. The van der Waals surface area contributed by atoms with Gasteiger partial charge in [-0.15, -0.1) is 3.89 Å². The average molecular weight is 292 g/mol. The molecule has 78 valence electrons. The highest BCUT2D eigenvalue weighted by Crippen LogP contribution is 2.26. The van der Waals surface area contributed by atoms with Gasteiger partial charge in [-0.25, -0.2) is 4.98 Å². The molecule has 2 rings (SSSR count). The molecule has 0 bridgehead atoms. The number of hydrogen-bond acceptors (Lipinski definition) is 3. The van der Waals surface area contributed by atoms with Gasteiger partial charge in [-0.3, -0.25) is 0 Å². The van der Waals surface area contributed by atoms with E-state index in [0.29, 0.717) is 15.9 Å². The van der Waals surface area contributed by atoms with Gasteiger partial charge in [0.1, 0.15) is 5.69 Å².